The van der Waals surface area contributed by atoms with Crippen molar-refractivity contribution in [3.8, 4) is 6.07 Å². The average Bonchev–Trinajstić information content (AvgIpc) is 2.41. The summed E-state index contributed by atoms with van der Waals surface area (Å²) in [5.74, 6) is -0.838. The lowest BCUT2D eigenvalue weighted by Gasteiger charge is -2.07. The second-order valence-electron chi connectivity index (χ2n) is 3.60. The summed E-state index contributed by atoms with van der Waals surface area (Å²) in [6.07, 6.45) is 0. The fourth-order valence-electron chi connectivity index (χ4n) is 1.32. The minimum absolute atomic E-state index is 0.0442. The Balaban J connectivity index is 2.36. The number of rotatable bonds is 3. The zero-order valence-corrected chi connectivity index (χ0v) is 11.3. The van der Waals surface area contributed by atoms with Crippen LogP contribution in [0.25, 0.3) is 0 Å². The molecule has 0 aliphatic rings. The molecule has 1 heterocycles. The molecule has 9 heteroatoms. The molecule has 0 aliphatic carbocycles. The number of nitrogens with zero attached hydrogens (tertiary/aromatic N) is 3. The van der Waals surface area contributed by atoms with Crippen molar-refractivity contribution in [1.29, 1.82) is 5.26 Å². The van der Waals surface area contributed by atoms with Crippen LogP contribution in [0, 0.1) is 17.1 Å². The van der Waals surface area contributed by atoms with Crippen molar-refractivity contribution in [2.45, 2.75) is 4.90 Å². The van der Waals surface area contributed by atoms with Crippen molar-refractivity contribution in [3.05, 3.63) is 46.9 Å². The molecule has 2 aromatic rings. The van der Waals surface area contributed by atoms with Gasteiger partial charge < -0.3 is 0 Å². The van der Waals surface area contributed by atoms with Gasteiger partial charge in [0.2, 0.25) is 0 Å². The van der Waals surface area contributed by atoms with Gasteiger partial charge in [-0.05, 0) is 30.3 Å². The third-order valence-electron chi connectivity index (χ3n) is 2.24. The number of aromatic nitrogens is 2. The molecule has 0 radical (unpaired) electrons. The Bertz CT molecular complexity index is 787. The molecule has 1 aromatic carbocycles. The van der Waals surface area contributed by atoms with E-state index in [0.29, 0.717) is 0 Å². The molecule has 20 heavy (non-hydrogen) atoms. The van der Waals surface area contributed by atoms with Crippen LogP contribution in [0.5, 0.6) is 0 Å². The highest BCUT2D eigenvalue weighted by Gasteiger charge is 2.17. The van der Waals surface area contributed by atoms with Gasteiger partial charge in [0.05, 0.1) is 10.5 Å². The minimum atomic E-state index is -3.99. The van der Waals surface area contributed by atoms with Gasteiger partial charge >= 0.3 is 0 Å². The van der Waals surface area contributed by atoms with Gasteiger partial charge in [0.15, 0.2) is 11.0 Å². The first-order valence-corrected chi connectivity index (χ1v) is 7.00. The molecule has 0 saturated heterocycles. The fraction of sp³-hybridized carbons (Fsp3) is 0. The molecule has 0 unspecified atom stereocenters. The van der Waals surface area contributed by atoms with Gasteiger partial charge in [0.1, 0.15) is 11.9 Å². The normalized spacial score (nSPS) is 10.8. The van der Waals surface area contributed by atoms with E-state index in [4.69, 9.17) is 16.9 Å². The lowest BCUT2D eigenvalue weighted by molar-refractivity contribution is 0.599. The maximum Gasteiger partial charge on any atom is 0.263 e. The van der Waals surface area contributed by atoms with E-state index in [0.717, 1.165) is 18.2 Å². The number of sulfonamides is 1. The summed E-state index contributed by atoms with van der Waals surface area (Å²) in [6, 6.07) is 7.12. The van der Waals surface area contributed by atoms with Crippen LogP contribution in [-0.2, 0) is 10.0 Å². The van der Waals surface area contributed by atoms with Crippen molar-refractivity contribution < 1.29 is 12.8 Å². The van der Waals surface area contributed by atoms with Crippen LogP contribution in [-0.4, -0.2) is 18.6 Å². The number of hydrogen-bond donors (Lipinski definition) is 1. The Morgan fingerprint density at radius 2 is 2.00 bits per heavy atom. The summed E-state index contributed by atoms with van der Waals surface area (Å²) in [7, 11) is -3.99. The zero-order chi connectivity index (χ0) is 14.8. The van der Waals surface area contributed by atoms with Crippen molar-refractivity contribution >= 4 is 27.4 Å². The quantitative estimate of drug-likeness (QED) is 0.934. The molecule has 0 bridgehead atoms. The van der Waals surface area contributed by atoms with E-state index in [9.17, 15) is 12.8 Å². The van der Waals surface area contributed by atoms with E-state index < -0.39 is 15.8 Å². The Hall–Kier alpha value is -2.24. The second-order valence-corrected chi connectivity index (χ2v) is 5.67. The number of hydrogen-bond acceptors (Lipinski definition) is 5. The molecule has 0 atom stereocenters. The largest absolute Gasteiger partial charge is 0.263 e. The third-order valence-corrected chi connectivity index (χ3v) is 3.79. The number of nitriles is 1. The molecule has 6 nitrogen and oxygen atoms in total. The Kier molecular flexibility index (Phi) is 3.83. The van der Waals surface area contributed by atoms with Crippen LogP contribution in [0.1, 0.15) is 5.56 Å². The lowest BCUT2D eigenvalue weighted by atomic mass is 10.2. The molecule has 0 amide bonds. The third kappa shape index (κ3) is 3.01. The highest BCUT2D eigenvalue weighted by Crippen LogP contribution is 2.17. The highest BCUT2D eigenvalue weighted by molar-refractivity contribution is 7.92. The molecule has 2 rings (SSSR count). The van der Waals surface area contributed by atoms with E-state index >= 15 is 0 Å². The van der Waals surface area contributed by atoms with E-state index in [1.165, 1.54) is 12.1 Å². The van der Waals surface area contributed by atoms with Gasteiger partial charge in [-0.15, -0.1) is 10.2 Å². The first kappa shape index (κ1) is 14.2. The van der Waals surface area contributed by atoms with Crippen LogP contribution in [0.2, 0.25) is 5.15 Å². The lowest BCUT2D eigenvalue weighted by Crippen LogP contribution is -2.14. The first-order chi connectivity index (χ1) is 9.42. The Morgan fingerprint density at radius 1 is 1.25 bits per heavy atom. The number of benzene rings is 1. The molecule has 0 fully saturated rings. The molecule has 0 spiro atoms. The van der Waals surface area contributed by atoms with Crippen LogP contribution in [0.3, 0.4) is 0 Å². The van der Waals surface area contributed by atoms with E-state index in [2.05, 4.69) is 14.9 Å². The van der Waals surface area contributed by atoms with Gasteiger partial charge in [-0.1, -0.05) is 11.6 Å². The molecule has 1 aromatic heterocycles. The smallest absolute Gasteiger partial charge is 0.262 e. The molecule has 102 valence electrons. The molecule has 0 saturated carbocycles. The summed E-state index contributed by atoms with van der Waals surface area (Å²) in [4.78, 5) is -0.257. The van der Waals surface area contributed by atoms with Crippen LogP contribution in [0.15, 0.2) is 35.2 Å². The predicted molar refractivity (Wildman–Crippen MR) is 69.0 cm³/mol. The minimum Gasteiger partial charge on any atom is -0.262 e. The molecular formula is C11H6ClFN4O2S. The summed E-state index contributed by atoms with van der Waals surface area (Å²) in [6.45, 7) is 0. The highest BCUT2D eigenvalue weighted by atomic mass is 35.5. The van der Waals surface area contributed by atoms with Crippen molar-refractivity contribution in [2.24, 2.45) is 0 Å². The van der Waals surface area contributed by atoms with Crippen molar-refractivity contribution in [1.82, 2.24) is 10.2 Å². The van der Waals surface area contributed by atoms with E-state index in [-0.39, 0.29) is 21.4 Å². The molecular weight excluding hydrogens is 307 g/mol. The van der Waals surface area contributed by atoms with E-state index in [1.807, 2.05) is 0 Å². The van der Waals surface area contributed by atoms with Gasteiger partial charge in [-0.2, -0.15) is 5.26 Å². The SMILES string of the molecule is N#Cc1cc(S(=O)(=O)Nc2ccc(Cl)nn2)ccc1F. The predicted octanol–water partition coefficient (Wildman–Crippen LogP) is 1.94. The average molecular weight is 313 g/mol. The summed E-state index contributed by atoms with van der Waals surface area (Å²) in [5.41, 5.74) is -0.366. The van der Waals surface area contributed by atoms with Gasteiger partial charge in [-0.25, -0.2) is 12.8 Å². The Morgan fingerprint density at radius 3 is 2.60 bits per heavy atom. The van der Waals surface area contributed by atoms with Crippen molar-refractivity contribution in [2.75, 3.05) is 4.72 Å². The second kappa shape index (κ2) is 5.40. The maximum absolute atomic E-state index is 13.2. The maximum atomic E-state index is 13.2. The number of anilines is 1. The molecule has 0 aliphatic heterocycles. The fourth-order valence-corrected chi connectivity index (χ4v) is 2.45. The number of halogens is 2. The topological polar surface area (TPSA) is 95.7 Å². The van der Waals surface area contributed by atoms with Crippen molar-refractivity contribution in [3.63, 3.8) is 0 Å². The van der Waals surface area contributed by atoms with E-state index in [1.54, 1.807) is 6.07 Å². The summed E-state index contributed by atoms with van der Waals surface area (Å²) >= 11 is 5.53. The van der Waals surface area contributed by atoms with Gasteiger partial charge in [0.25, 0.3) is 10.0 Å². The molecule has 1 N–H and O–H groups in total. The zero-order valence-electron chi connectivity index (χ0n) is 9.71. The summed E-state index contributed by atoms with van der Waals surface area (Å²) < 4.78 is 39.3. The Labute approximate surface area is 118 Å². The first-order valence-electron chi connectivity index (χ1n) is 5.14. The van der Waals surface area contributed by atoms with Gasteiger partial charge in [-0.3, -0.25) is 4.72 Å². The monoisotopic (exact) mass is 312 g/mol. The standard InChI is InChI=1S/C11H6ClFN4O2S/c12-10-3-4-11(16-15-10)17-20(18,19)8-1-2-9(13)7(5-8)6-14/h1-5H,(H,16,17). The number of nitrogens with one attached hydrogen (secondary N) is 1. The van der Waals surface area contributed by atoms with Crippen LogP contribution < -0.4 is 4.72 Å². The summed E-state index contributed by atoms with van der Waals surface area (Å²) in [5, 5.41) is 15.8. The van der Waals surface area contributed by atoms with Crippen LogP contribution >= 0.6 is 11.6 Å². The van der Waals surface area contributed by atoms with Crippen LogP contribution in [0.4, 0.5) is 10.2 Å². The van der Waals surface area contributed by atoms with Gasteiger partial charge in [0, 0.05) is 0 Å².